The van der Waals surface area contributed by atoms with Crippen LogP contribution in [0.3, 0.4) is 0 Å². The van der Waals surface area contributed by atoms with Gasteiger partial charge in [0.2, 0.25) is 5.91 Å². The van der Waals surface area contributed by atoms with Gasteiger partial charge in [-0.05, 0) is 38.3 Å². The zero-order valence-electron chi connectivity index (χ0n) is 14.7. The van der Waals surface area contributed by atoms with Crippen molar-refractivity contribution in [1.29, 1.82) is 0 Å². The lowest BCUT2D eigenvalue weighted by atomic mass is 10.2. The van der Waals surface area contributed by atoms with Crippen molar-refractivity contribution in [3.8, 4) is 0 Å². The Morgan fingerprint density at radius 2 is 1.92 bits per heavy atom. The quantitative estimate of drug-likeness (QED) is 0.486. The molecule has 1 aromatic heterocycles. The Hall–Kier alpha value is -2.48. The number of benzene rings is 1. The summed E-state index contributed by atoms with van der Waals surface area (Å²) < 4.78 is 6.07. The number of para-hydroxylation sites is 1. The SMILES string of the molecule is CCNC(=O)CNC(=O)COC(=O)CCCCc1nc2ccccc2s1. The third-order valence-corrected chi connectivity index (χ3v) is 4.64. The highest BCUT2D eigenvalue weighted by Gasteiger charge is 2.09. The van der Waals surface area contributed by atoms with Gasteiger partial charge in [0.15, 0.2) is 6.61 Å². The monoisotopic (exact) mass is 377 g/mol. The number of fused-ring (bicyclic) bond motifs is 1. The second kappa shape index (κ2) is 10.5. The number of hydrogen-bond acceptors (Lipinski definition) is 6. The molecule has 0 bridgehead atoms. The normalized spacial score (nSPS) is 10.5. The largest absolute Gasteiger partial charge is 0.456 e. The maximum absolute atomic E-state index is 11.6. The number of nitrogens with zero attached hydrogens (tertiary/aromatic N) is 1. The third-order valence-electron chi connectivity index (χ3n) is 3.54. The maximum atomic E-state index is 11.6. The third kappa shape index (κ3) is 6.79. The van der Waals surface area contributed by atoms with E-state index < -0.39 is 11.9 Å². The Bertz CT molecular complexity index is 727. The number of ether oxygens (including phenoxy) is 1. The fraction of sp³-hybridized carbons (Fsp3) is 0.444. The lowest BCUT2D eigenvalue weighted by molar-refractivity contribution is -0.148. The van der Waals surface area contributed by atoms with E-state index in [-0.39, 0.29) is 25.5 Å². The predicted molar refractivity (Wildman–Crippen MR) is 99.8 cm³/mol. The number of aromatic nitrogens is 1. The molecule has 140 valence electrons. The highest BCUT2D eigenvalue weighted by Crippen LogP contribution is 2.22. The number of aryl methyl sites for hydroxylation is 1. The number of rotatable bonds is 10. The second-order valence-electron chi connectivity index (χ2n) is 5.67. The number of esters is 1. The van der Waals surface area contributed by atoms with Crippen molar-refractivity contribution in [3.05, 3.63) is 29.3 Å². The van der Waals surface area contributed by atoms with Gasteiger partial charge in [-0.15, -0.1) is 11.3 Å². The number of hydrogen-bond donors (Lipinski definition) is 2. The van der Waals surface area contributed by atoms with Gasteiger partial charge in [0.1, 0.15) is 0 Å². The Balaban J connectivity index is 1.57. The number of nitrogens with one attached hydrogen (secondary N) is 2. The average Bonchev–Trinajstić information content (AvgIpc) is 3.05. The molecule has 2 N–H and O–H groups in total. The molecular weight excluding hydrogens is 354 g/mol. The van der Waals surface area contributed by atoms with E-state index in [0.29, 0.717) is 13.0 Å². The van der Waals surface area contributed by atoms with E-state index in [2.05, 4.69) is 15.6 Å². The van der Waals surface area contributed by atoms with Crippen LogP contribution in [0, 0.1) is 0 Å². The fourth-order valence-corrected chi connectivity index (χ4v) is 3.29. The topological polar surface area (TPSA) is 97.4 Å². The number of carbonyl (C=O) groups is 3. The minimum atomic E-state index is -0.487. The molecule has 0 atom stereocenters. The van der Waals surface area contributed by atoms with Crippen molar-refractivity contribution in [2.75, 3.05) is 19.7 Å². The zero-order valence-corrected chi connectivity index (χ0v) is 15.6. The molecule has 2 aromatic rings. The van der Waals surface area contributed by atoms with Crippen LogP contribution in [0.15, 0.2) is 24.3 Å². The fourth-order valence-electron chi connectivity index (χ4n) is 2.28. The van der Waals surface area contributed by atoms with Gasteiger partial charge in [0.25, 0.3) is 5.91 Å². The first-order chi connectivity index (χ1) is 12.6. The van der Waals surface area contributed by atoms with Crippen LogP contribution in [0.25, 0.3) is 10.2 Å². The summed E-state index contributed by atoms with van der Waals surface area (Å²) in [6.45, 7) is 1.81. The molecule has 1 heterocycles. The summed E-state index contributed by atoms with van der Waals surface area (Å²) >= 11 is 1.67. The Kier molecular flexibility index (Phi) is 8.01. The van der Waals surface area contributed by atoms with Gasteiger partial charge in [0.05, 0.1) is 21.8 Å². The molecule has 0 radical (unpaired) electrons. The highest BCUT2D eigenvalue weighted by atomic mass is 32.1. The average molecular weight is 377 g/mol. The lowest BCUT2D eigenvalue weighted by Crippen LogP contribution is -2.38. The van der Waals surface area contributed by atoms with Crippen LogP contribution in [-0.4, -0.2) is 42.5 Å². The summed E-state index contributed by atoms with van der Waals surface area (Å²) in [6, 6.07) is 8.00. The van der Waals surface area contributed by atoms with Crippen molar-refractivity contribution < 1.29 is 19.1 Å². The highest BCUT2D eigenvalue weighted by molar-refractivity contribution is 7.18. The van der Waals surface area contributed by atoms with Gasteiger partial charge in [0, 0.05) is 13.0 Å². The molecule has 8 heteroatoms. The van der Waals surface area contributed by atoms with Crippen LogP contribution >= 0.6 is 11.3 Å². The van der Waals surface area contributed by atoms with Crippen LogP contribution in [0.2, 0.25) is 0 Å². The molecule has 0 fully saturated rings. The maximum Gasteiger partial charge on any atom is 0.306 e. The van der Waals surface area contributed by atoms with E-state index in [9.17, 15) is 14.4 Å². The Labute approximate surface area is 156 Å². The molecule has 0 unspecified atom stereocenters. The van der Waals surface area contributed by atoms with Crippen LogP contribution in [-0.2, 0) is 25.5 Å². The first-order valence-corrected chi connectivity index (χ1v) is 9.43. The zero-order chi connectivity index (χ0) is 18.8. The molecule has 0 aliphatic heterocycles. The molecule has 26 heavy (non-hydrogen) atoms. The van der Waals surface area contributed by atoms with Gasteiger partial charge in [-0.2, -0.15) is 0 Å². The summed E-state index contributed by atoms with van der Waals surface area (Å²) in [5.41, 5.74) is 1.01. The minimum absolute atomic E-state index is 0.119. The van der Waals surface area contributed by atoms with E-state index >= 15 is 0 Å². The van der Waals surface area contributed by atoms with Gasteiger partial charge < -0.3 is 15.4 Å². The Morgan fingerprint density at radius 3 is 2.69 bits per heavy atom. The van der Waals surface area contributed by atoms with E-state index in [1.807, 2.05) is 24.3 Å². The van der Waals surface area contributed by atoms with Crippen molar-refractivity contribution in [1.82, 2.24) is 15.6 Å². The van der Waals surface area contributed by atoms with E-state index in [1.165, 1.54) is 4.70 Å². The number of carbonyl (C=O) groups excluding carboxylic acids is 3. The summed E-state index contributed by atoms with van der Waals surface area (Å²) in [6.07, 6.45) is 2.59. The summed E-state index contributed by atoms with van der Waals surface area (Å²) in [4.78, 5) is 38.9. The van der Waals surface area contributed by atoms with Crippen LogP contribution in [0.4, 0.5) is 0 Å². The van der Waals surface area contributed by atoms with E-state index in [1.54, 1.807) is 18.3 Å². The minimum Gasteiger partial charge on any atom is -0.456 e. The smallest absolute Gasteiger partial charge is 0.306 e. The van der Waals surface area contributed by atoms with E-state index in [0.717, 1.165) is 23.4 Å². The predicted octanol–water partition coefficient (Wildman–Crippen LogP) is 1.80. The summed E-state index contributed by atoms with van der Waals surface area (Å²) in [5.74, 6) is -1.18. The van der Waals surface area contributed by atoms with Crippen LogP contribution < -0.4 is 10.6 Å². The standard InChI is InChI=1S/C18H23N3O4S/c1-2-19-15(22)11-20-16(23)12-25-18(24)10-6-5-9-17-21-13-7-3-4-8-14(13)26-17/h3-4,7-8H,2,5-6,9-12H2,1H3,(H,19,22)(H,20,23). The number of thiazole rings is 1. The van der Waals surface area contributed by atoms with Gasteiger partial charge in [-0.1, -0.05) is 12.1 Å². The van der Waals surface area contributed by atoms with Gasteiger partial charge in [-0.3, -0.25) is 14.4 Å². The van der Waals surface area contributed by atoms with Gasteiger partial charge >= 0.3 is 5.97 Å². The molecular formula is C18H23N3O4S. The molecule has 0 aliphatic carbocycles. The number of likely N-dealkylation sites (N-methyl/N-ethyl adjacent to an activating group) is 1. The van der Waals surface area contributed by atoms with Gasteiger partial charge in [-0.25, -0.2) is 4.98 Å². The van der Waals surface area contributed by atoms with Crippen molar-refractivity contribution >= 4 is 39.3 Å². The number of amides is 2. The summed E-state index contributed by atoms with van der Waals surface area (Å²) in [7, 11) is 0. The molecule has 0 saturated carbocycles. The first kappa shape index (κ1) is 19.8. The molecule has 0 aliphatic rings. The second-order valence-corrected chi connectivity index (χ2v) is 6.79. The van der Waals surface area contributed by atoms with Crippen LogP contribution in [0.5, 0.6) is 0 Å². The summed E-state index contributed by atoms with van der Waals surface area (Å²) in [5, 5.41) is 6.00. The molecule has 1 aromatic carbocycles. The van der Waals surface area contributed by atoms with E-state index in [4.69, 9.17) is 4.74 Å². The first-order valence-electron chi connectivity index (χ1n) is 8.62. The molecule has 7 nitrogen and oxygen atoms in total. The number of unbranched alkanes of at least 4 members (excludes halogenated alkanes) is 1. The van der Waals surface area contributed by atoms with Crippen molar-refractivity contribution in [2.45, 2.75) is 32.6 Å². The van der Waals surface area contributed by atoms with Crippen molar-refractivity contribution in [2.24, 2.45) is 0 Å². The molecule has 2 rings (SSSR count). The molecule has 0 spiro atoms. The van der Waals surface area contributed by atoms with Crippen molar-refractivity contribution in [3.63, 3.8) is 0 Å². The lowest BCUT2D eigenvalue weighted by Gasteiger charge is -2.06. The van der Waals surface area contributed by atoms with Crippen LogP contribution in [0.1, 0.15) is 31.2 Å². The Morgan fingerprint density at radius 1 is 1.12 bits per heavy atom. The molecule has 2 amide bonds. The molecule has 0 saturated heterocycles.